The minimum atomic E-state index is -1.24. The Kier molecular flexibility index (Phi) is 12.6. The lowest BCUT2D eigenvalue weighted by Crippen LogP contribution is -2.57. The fraction of sp³-hybridized carbons (Fsp3) is 0.711. The van der Waals surface area contributed by atoms with Crippen molar-refractivity contribution in [1.29, 1.82) is 0 Å². The van der Waals surface area contributed by atoms with Crippen molar-refractivity contribution in [3.8, 4) is 11.3 Å². The summed E-state index contributed by atoms with van der Waals surface area (Å²) in [6.45, 7) is 12.3. The van der Waals surface area contributed by atoms with Gasteiger partial charge < -0.3 is 38.4 Å². The number of nitrogens with zero attached hydrogens (tertiary/aromatic N) is 5. The molecule has 1 N–H and O–H groups in total. The summed E-state index contributed by atoms with van der Waals surface area (Å²) in [5.41, 5.74) is 0.550. The third-order valence-electron chi connectivity index (χ3n) is 11.2. The van der Waals surface area contributed by atoms with Crippen LogP contribution in [0.3, 0.4) is 0 Å². The predicted molar refractivity (Wildman–Crippen MR) is 189 cm³/mol. The average Bonchev–Trinajstić information content (AvgIpc) is 3.66. The Labute approximate surface area is 302 Å². The second-order valence-corrected chi connectivity index (χ2v) is 15.3. The molecule has 3 saturated heterocycles. The zero-order valence-corrected chi connectivity index (χ0v) is 31.4. The van der Waals surface area contributed by atoms with Crippen LogP contribution in [0.25, 0.3) is 11.3 Å². The van der Waals surface area contributed by atoms with Crippen molar-refractivity contribution in [3.63, 3.8) is 0 Å². The van der Waals surface area contributed by atoms with E-state index in [2.05, 4.69) is 9.97 Å². The number of likely N-dealkylation sites (N-methyl/N-ethyl adjacent to an activating group) is 1. The number of pyridine rings is 1. The van der Waals surface area contributed by atoms with Crippen LogP contribution in [-0.4, -0.2) is 116 Å². The summed E-state index contributed by atoms with van der Waals surface area (Å²) >= 11 is 0. The second-order valence-electron chi connectivity index (χ2n) is 15.3. The van der Waals surface area contributed by atoms with Gasteiger partial charge in [-0.1, -0.05) is 20.8 Å². The van der Waals surface area contributed by atoms with E-state index < -0.39 is 54.2 Å². The molecular formula is C38H57N5O8. The first kappa shape index (κ1) is 38.8. The van der Waals surface area contributed by atoms with Gasteiger partial charge in [0.25, 0.3) is 0 Å². The van der Waals surface area contributed by atoms with Crippen molar-refractivity contribution in [2.75, 3.05) is 20.6 Å². The number of hydrogen-bond acceptors (Lipinski definition) is 11. The quantitative estimate of drug-likeness (QED) is 0.270. The molecule has 0 bridgehead atoms. The molecular weight excluding hydrogens is 654 g/mol. The van der Waals surface area contributed by atoms with E-state index in [0.717, 1.165) is 17.7 Å². The van der Waals surface area contributed by atoms with Crippen LogP contribution in [0, 0.1) is 17.8 Å². The summed E-state index contributed by atoms with van der Waals surface area (Å²) in [4.78, 5) is 53.7. The number of imidazole rings is 1. The van der Waals surface area contributed by atoms with Crippen LogP contribution in [0.2, 0.25) is 0 Å². The number of unbranched alkanes of at least 4 members (excludes halogenated alkanes) is 1. The molecule has 0 aromatic carbocycles. The number of esters is 1. The van der Waals surface area contributed by atoms with E-state index in [1.807, 2.05) is 69.6 Å². The number of amides is 1. The highest BCUT2D eigenvalue weighted by atomic mass is 16.7. The molecule has 1 amide bonds. The number of carbonyl (C=O) groups is 3. The number of aliphatic hydroxyl groups excluding tert-OH is 1. The van der Waals surface area contributed by atoms with Crippen LogP contribution < -0.4 is 0 Å². The van der Waals surface area contributed by atoms with Gasteiger partial charge in [0.05, 0.1) is 36.2 Å². The number of ketones is 1. The fourth-order valence-corrected chi connectivity index (χ4v) is 8.07. The molecule has 0 unspecified atom stereocenters. The first-order valence-corrected chi connectivity index (χ1v) is 18.5. The van der Waals surface area contributed by atoms with E-state index in [1.54, 1.807) is 37.5 Å². The zero-order chi connectivity index (χ0) is 37.0. The Hall–Kier alpha value is -3.39. The van der Waals surface area contributed by atoms with Crippen LogP contribution in [-0.2, 0) is 35.1 Å². The minimum absolute atomic E-state index is 0.00567. The number of aryl methyl sites for hydroxylation is 1. The summed E-state index contributed by atoms with van der Waals surface area (Å²) in [6, 6.07) is 3.06. The number of hydrogen-bond donors (Lipinski definition) is 1. The highest BCUT2D eigenvalue weighted by Gasteiger charge is 2.57. The molecule has 2 aromatic rings. The highest BCUT2D eigenvalue weighted by molar-refractivity contribution is 5.83. The number of aromatic nitrogens is 3. The van der Waals surface area contributed by atoms with Crippen molar-refractivity contribution in [1.82, 2.24) is 24.3 Å². The molecule has 3 fully saturated rings. The smallest absolute Gasteiger partial charge is 0.410 e. The molecule has 3 aliphatic rings. The summed E-state index contributed by atoms with van der Waals surface area (Å²) in [5, 5.41) is 11.2. The van der Waals surface area contributed by atoms with Gasteiger partial charge in [-0.15, -0.1) is 0 Å². The fourth-order valence-electron chi connectivity index (χ4n) is 8.07. The third-order valence-corrected chi connectivity index (χ3v) is 11.2. The van der Waals surface area contributed by atoms with Gasteiger partial charge in [0, 0.05) is 55.6 Å². The summed E-state index contributed by atoms with van der Waals surface area (Å²) < 4.78 is 26.9. The van der Waals surface area contributed by atoms with Crippen molar-refractivity contribution in [3.05, 3.63) is 37.1 Å². The molecule has 0 spiro atoms. The molecule has 0 aliphatic carbocycles. The van der Waals surface area contributed by atoms with Gasteiger partial charge in [0.15, 0.2) is 11.9 Å². The first-order valence-electron chi connectivity index (χ1n) is 18.5. The first-order chi connectivity index (χ1) is 24.2. The van der Waals surface area contributed by atoms with Gasteiger partial charge in [-0.2, -0.15) is 0 Å². The Morgan fingerprint density at radius 2 is 1.84 bits per heavy atom. The molecule has 51 heavy (non-hydrogen) atoms. The van der Waals surface area contributed by atoms with Crippen LogP contribution >= 0.6 is 0 Å². The largest absolute Gasteiger partial charge is 0.458 e. The normalized spacial score (nSPS) is 35.2. The van der Waals surface area contributed by atoms with E-state index in [-0.39, 0.29) is 36.2 Å². The van der Waals surface area contributed by atoms with Crippen molar-refractivity contribution < 1.29 is 38.4 Å². The lowest BCUT2D eigenvalue weighted by Gasteiger charge is -2.44. The molecule has 2 aromatic heterocycles. The van der Waals surface area contributed by atoms with Gasteiger partial charge in [-0.3, -0.25) is 14.6 Å². The van der Waals surface area contributed by atoms with E-state index in [4.69, 9.17) is 18.9 Å². The van der Waals surface area contributed by atoms with Crippen LogP contribution in [0.5, 0.6) is 0 Å². The third kappa shape index (κ3) is 8.64. The Morgan fingerprint density at radius 3 is 2.53 bits per heavy atom. The van der Waals surface area contributed by atoms with Gasteiger partial charge in [0.1, 0.15) is 18.0 Å². The van der Waals surface area contributed by atoms with Crippen LogP contribution in [0.15, 0.2) is 37.1 Å². The van der Waals surface area contributed by atoms with Crippen molar-refractivity contribution >= 4 is 17.8 Å². The number of ether oxygens (including phenoxy) is 4. The van der Waals surface area contributed by atoms with Gasteiger partial charge in [-0.25, -0.2) is 9.78 Å². The molecule has 11 atom stereocenters. The summed E-state index contributed by atoms with van der Waals surface area (Å²) in [7, 11) is 3.82. The maximum Gasteiger partial charge on any atom is 0.410 e. The summed E-state index contributed by atoms with van der Waals surface area (Å²) in [6.07, 6.45) is 6.23. The van der Waals surface area contributed by atoms with Crippen molar-refractivity contribution in [2.24, 2.45) is 17.8 Å². The number of Topliss-reactive ketones (excluding diaryl/α,β-unsaturated/α-hetero) is 1. The number of rotatable bonds is 10. The standard InChI is InChI=1S/C38H57N5O8/c1-9-32-38(6)31(43(37(47)51-38)16-11-10-15-42-21-28(40-22-42)27-13-12-14-39-20-27)19-30(44)23(2)17-24(3)34(26(5)35(46)49-32)50-36-33(45)29(41(7)8)18-25(4)48-36/h12-14,20-26,29,31-34,36,45H,9-11,15-19H2,1-8H3/t23-,24+,25-,26-,29+,31+,32-,33-,34+,36+,38+/m1/s1. The molecule has 5 heterocycles. The SMILES string of the molecule is CC[C@H]1OC(=O)[C@H](C)[C@@H](O[C@@H]2O[C@H](C)C[C@H](N(C)C)[C@H]2O)[C@@H](C)C[C@@H](C)C(=O)C[C@@H]2N(CCCCn3cnc(-c4cccnc4)c3)C(=O)O[C@@]21C. The minimum Gasteiger partial charge on any atom is -0.458 e. The Morgan fingerprint density at radius 1 is 1.10 bits per heavy atom. The predicted octanol–water partition coefficient (Wildman–Crippen LogP) is 4.71. The van der Waals surface area contributed by atoms with Crippen molar-refractivity contribution in [2.45, 2.75) is 135 Å². The van der Waals surface area contributed by atoms with E-state index in [9.17, 15) is 19.5 Å². The highest BCUT2D eigenvalue weighted by Crippen LogP contribution is 2.40. The zero-order valence-electron chi connectivity index (χ0n) is 31.4. The van der Waals surface area contributed by atoms with Crippen LogP contribution in [0.4, 0.5) is 4.79 Å². The number of fused-ring (bicyclic) bond motifs is 1. The Bertz CT molecular complexity index is 1490. The molecule has 13 nitrogen and oxygen atoms in total. The molecule has 0 saturated carbocycles. The number of cyclic esters (lactones) is 1. The van der Waals surface area contributed by atoms with E-state index in [0.29, 0.717) is 38.8 Å². The molecule has 13 heteroatoms. The average molecular weight is 712 g/mol. The Balaban J connectivity index is 1.30. The molecule has 282 valence electrons. The van der Waals surface area contributed by atoms with Gasteiger partial charge >= 0.3 is 12.1 Å². The van der Waals surface area contributed by atoms with Crippen LogP contribution in [0.1, 0.15) is 80.1 Å². The maximum absolute atomic E-state index is 14.0. The maximum atomic E-state index is 14.0. The number of aliphatic hydroxyl groups is 1. The second kappa shape index (κ2) is 16.5. The van der Waals surface area contributed by atoms with E-state index >= 15 is 0 Å². The monoisotopic (exact) mass is 711 g/mol. The molecule has 0 radical (unpaired) electrons. The lowest BCUT2D eigenvalue weighted by atomic mass is 9.79. The summed E-state index contributed by atoms with van der Waals surface area (Å²) in [5.74, 6) is -1.86. The molecule has 3 aliphatic heterocycles. The lowest BCUT2D eigenvalue weighted by molar-refractivity contribution is -0.279. The van der Waals surface area contributed by atoms with Gasteiger partial charge in [0.2, 0.25) is 0 Å². The van der Waals surface area contributed by atoms with E-state index in [1.165, 1.54) is 0 Å². The van der Waals surface area contributed by atoms with Gasteiger partial charge in [-0.05, 0) is 85.0 Å². The molecule has 5 rings (SSSR count). The number of carbonyl (C=O) groups excluding carboxylic acids is 3. The topological polar surface area (TPSA) is 146 Å².